The molecule has 2 aliphatic rings. The molecule has 1 heterocycles. The fourth-order valence-electron chi connectivity index (χ4n) is 4.04. The lowest BCUT2D eigenvalue weighted by molar-refractivity contribution is 0.229. The van der Waals surface area contributed by atoms with E-state index in [1.807, 2.05) is 12.1 Å². The number of ether oxygens (including phenoxy) is 1. The third-order valence-electron chi connectivity index (χ3n) is 5.16. The topological polar surface area (TPSA) is 33.3 Å². The summed E-state index contributed by atoms with van der Waals surface area (Å²) in [6.45, 7) is 2.09. The Balaban J connectivity index is 1.61. The van der Waals surface area contributed by atoms with Crippen LogP contribution in [-0.2, 0) is 6.54 Å². The Hall–Kier alpha value is -1.06. The molecule has 3 rings (SSSR count). The Morgan fingerprint density at radius 1 is 1.14 bits per heavy atom. The molecule has 0 aromatic heterocycles. The van der Waals surface area contributed by atoms with E-state index in [-0.39, 0.29) is 0 Å². The summed E-state index contributed by atoms with van der Waals surface area (Å²) in [4.78, 5) is 0. The maximum Gasteiger partial charge on any atom is 0.123 e. The Labute approximate surface area is 128 Å². The van der Waals surface area contributed by atoms with Crippen LogP contribution in [0.4, 0.5) is 0 Å². The van der Waals surface area contributed by atoms with Gasteiger partial charge < -0.3 is 15.4 Å². The molecule has 1 aliphatic carbocycles. The molecule has 0 unspecified atom stereocenters. The minimum Gasteiger partial charge on any atom is -0.496 e. The van der Waals surface area contributed by atoms with Crippen molar-refractivity contribution in [3.63, 3.8) is 0 Å². The molecule has 3 nitrogen and oxygen atoms in total. The van der Waals surface area contributed by atoms with E-state index in [1.54, 1.807) is 7.11 Å². The van der Waals surface area contributed by atoms with Crippen LogP contribution in [0.2, 0.25) is 0 Å². The van der Waals surface area contributed by atoms with Crippen LogP contribution in [-0.4, -0.2) is 25.7 Å². The van der Waals surface area contributed by atoms with E-state index in [0.29, 0.717) is 12.1 Å². The quantitative estimate of drug-likeness (QED) is 0.873. The molecule has 0 radical (unpaired) electrons. The van der Waals surface area contributed by atoms with Crippen molar-refractivity contribution < 1.29 is 4.74 Å². The monoisotopic (exact) mass is 288 g/mol. The first-order valence-corrected chi connectivity index (χ1v) is 8.47. The zero-order valence-corrected chi connectivity index (χ0v) is 13.1. The molecule has 116 valence electrons. The highest BCUT2D eigenvalue weighted by Gasteiger charge is 2.32. The van der Waals surface area contributed by atoms with Crippen LogP contribution in [0.3, 0.4) is 0 Å². The molecule has 1 aromatic carbocycles. The van der Waals surface area contributed by atoms with Gasteiger partial charge in [-0.3, -0.25) is 0 Å². The Morgan fingerprint density at radius 2 is 1.95 bits per heavy atom. The summed E-state index contributed by atoms with van der Waals surface area (Å²) < 4.78 is 5.46. The van der Waals surface area contributed by atoms with Crippen LogP contribution >= 0.6 is 0 Å². The van der Waals surface area contributed by atoms with Crippen molar-refractivity contribution in [1.82, 2.24) is 10.6 Å². The van der Waals surface area contributed by atoms with Crippen LogP contribution in [0.1, 0.15) is 44.1 Å². The molecule has 0 spiro atoms. The van der Waals surface area contributed by atoms with Crippen molar-refractivity contribution in [3.05, 3.63) is 29.8 Å². The highest BCUT2D eigenvalue weighted by Crippen LogP contribution is 2.31. The molecule has 1 saturated heterocycles. The van der Waals surface area contributed by atoms with Crippen molar-refractivity contribution in [3.8, 4) is 5.75 Å². The van der Waals surface area contributed by atoms with Crippen molar-refractivity contribution in [2.24, 2.45) is 5.92 Å². The third kappa shape index (κ3) is 3.58. The van der Waals surface area contributed by atoms with E-state index in [0.717, 1.165) is 18.2 Å². The number of piperidine rings is 1. The molecular formula is C18H28N2O. The normalized spacial score (nSPS) is 26.9. The standard InChI is InChI=1S/C18H28N2O/c1-21-17-11-5-4-9-15(17)13-20-16-10-6-12-19-18(16)14-7-2-3-8-14/h4-5,9,11,14,16,18-20H,2-3,6-8,10,12-13H2,1H3/t16-,18-/m1/s1. The van der Waals surface area contributed by atoms with E-state index >= 15 is 0 Å². The van der Waals surface area contributed by atoms with E-state index in [1.165, 1.54) is 50.6 Å². The van der Waals surface area contributed by atoms with Crippen molar-refractivity contribution in [1.29, 1.82) is 0 Å². The fourth-order valence-corrected chi connectivity index (χ4v) is 4.04. The molecule has 0 amide bonds. The van der Waals surface area contributed by atoms with E-state index in [4.69, 9.17) is 4.74 Å². The summed E-state index contributed by atoms with van der Waals surface area (Å²) in [5.41, 5.74) is 1.26. The van der Waals surface area contributed by atoms with Crippen LogP contribution in [0, 0.1) is 5.92 Å². The molecule has 1 aliphatic heterocycles. The van der Waals surface area contributed by atoms with Gasteiger partial charge in [0.25, 0.3) is 0 Å². The van der Waals surface area contributed by atoms with Gasteiger partial charge in [0, 0.05) is 24.2 Å². The predicted molar refractivity (Wildman–Crippen MR) is 86.6 cm³/mol. The Kier molecular flexibility index (Phi) is 5.15. The minimum absolute atomic E-state index is 0.603. The predicted octanol–water partition coefficient (Wildman–Crippen LogP) is 3.10. The second kappa shape index (κ2) is 7.28. The zero-order valence-electron chi connectivity index (χ0n) is 13.1. The number of benzene rings is 1. The number of methoxy groups -OCH3 is 1. The molecule has 21 heavy (non-hydrogen) atoms. The number of hydrogen-bond donors (Lipinski definition) is 2. The first-order valence-electron chi connectivity index (χ1n) is 8.47. The van der Waals surface area contributed by atoms with Crippen LogP contribution < -0.4 is 15.4 Å². The summed E-state index contributed by atoms with van der Waals surface area (Å²) in [5, 5.41) is 7.58. The minimum atomic E-state index is 0.603. The lowest BCUT2D eigenvalue weighted by Crippen LogP contribution is -2.54. The molecule has 3 heteroatoms. The Bertz CT molecular complexity index is 443. The Morgan fingerprint density at radius 3 is 2.76 bits per heavy atom. The molecule has 2 fully saturated rings. The van der Waals surface area contributed by atoms with Gasteiger partial charge in [0.15, 0.2) is 0 Å². The van der Waals surface area contributed by atoms with Crippen LogP contribution in [0.5, 0.6) is 5.75 Å². The number of para-hydroxylation sites is 1. The van der Waals surface area contributed by atoms with Gasteiger partial charge in [0.05, 0.1) is 7.11 Å². The SMILES string of the molecule is COc1ccccc1CN[C@@H]1CCCN[C@@H]1C1CCCC1. The molecule has 0 bridgehead atoms. The summed E-state index contributed by atoms with van der Waals surface area (Å²) >= 11 is 0. The van der Waals surface area contributed by atoms with Gasteiger partial charge in [0.1, 0.15) is 5.75 Å². The van der Waals surface area contributed by atoms with Gasteiger partial charge in [-0.2, -0.15) is 0 Å². The second-order valence-corrected chi connectivity index (χ2v) is 6.47. The molecular weight excluding hydrogens is 260 g/mol. The third-order valence-corrected chi connectivity index (χ3v) is 5.16. The van der Waals surface area contributed by atoms with Crippen LogP contribution in [0.15, 0.2) is 24.3 Å². The van der Waals surface area contributed by atoms with E-state index in [9.17, 15) is 0 Å². The number of hydrogen-bond acceptors (Lipinski definition) is 3. The van der Waals surface area contributed by atoms with Gasteiger partial charge >= 0.3 is 0 Å². The highest BCUT2D eigenvalue weighted by atomic mass is 16.5. The average molecular weight is 288 g/mol. The van der Waals surface area contributed by atoms with Crippen LogP contribution in [0.25, 0.3) is 0 Å². The first-order chi connectivity index (χ1) is 10.4. The summed E-state index contributed by atoms with van der Waals surface area (Å²) in [7, 11) is 1.75. The number of rotatable bonds is 5. The van der Waals surface area contributed by atoms with Gasteiger partial charge in [-0.25, -0.2) is 0 Å². The fraction of sp³-hybridized carbons (Fsp3) is 0.667. The molecule has 2 N–H and O–H groups in total. The van der Waals surface area contributed by atoms with Gasteiger partial charge in [-0.1, -0.05) is 31.0 Å². The van der Waals surface area contributed by atoms with Crippen molar-refractivity contribution >= 4 is 0 Å². The van der Waals surface area contributed by atoms with Crippen molar-refractivity contribution in [2.45, 2.75) is 57.2 Å². The largest absolute Gasteiger partial charge is 0.496 e. The van der Waals surface area contributed by atoms with Crippen molar-refractivity contribution in [2.75, 3.05) is 13.7 Å². The molecule has 2 atom stereocenters. The zero-order chi connectivity index (χ0) is 14.5. The molecule has 1 saturated carbocycles. The van der Waals surface area contributed by atoms with Gasteiger partial charge in [0.2, 0.25) is 0 Å². The molecule has 1 aromatic rings. The maximum atomic E-state index is 5.46. The van der Waals surface area contributed by atoms with E-state index in [2.05, 4.69) is 22.8 Å². The van der Waals surface area contributed by atoms with Gasteiger partial charge in [-0.15, -0.1) is 0 Å². The first kappa shape index (κ1) is 14.9. The lowest BCUT2D eigenvalue weighted by atomic mass is 9.86. The highest BCUT2D eigenvalue weighted by molar-refractivity contribution is 5.33. The summed E-state index contributed by atoms with van der Waals surface area (Å²) in [5.74, 6) is 1.87. The van der Waals surface area contributed by atoms with Gasteiger partial charge in [-0.05, 0) is 44.2 Å². The van der Waals surface area contributed by atoms with E-state index < -0.39 is 0 Å². The number of nitrogens with one attached hydrogen (secondary N) is 2. The summed E-state index contributed by atoms with van der Waals surface area (Å²) in [6, 6.07) is 9.60. The smallest absolute Gasteiger partial charge is 0.123 e. The lowest BCUT2D eigenvalue weighted by Gasteiger charge is -2.37. The maximum absolute atomic E-state index is 5.46. The average Bonchev–Trinajstić information content (AvgIpc) is 3.08. The summed E-state index contributed by atoms with van der Waals surface area (Å²) in [6.07, 6.45) is 8.23. The second-order valence-electron chi connectivity index (χ2n) is 6.47.